The van der Waals surface area contributed by atoms with E-state index in [1.54, 1.807) is 7.05 Å². The summed E-state index contributed by atoms with van der Waals surface area (Å²) < 4.78 is 29.4. The van der Waals surface area contributed by atoms with Crippen LogP contribution in [0, 0.1) is 0 Å². The monoisotopic (exact) mass is 360 g/mol. The van der Waals surface area contributed by atoms with Crippen molar-refractivity contribution in [2.45, 2.75) is 71.1 Å². The Morgan fingerprint density at radius 3 is 1.70 bits per heavy atom. The van der Waals surface area contributed by atoms with E-state index in [4.69, 9.17) is 0 Å². The zero-order valence-electron chi connectivity index (χ0n) is 14.9. The molecule has 0 aromatic heterocycles. The van der Waals surface area contributed by atoms with Gasteiger partial charge >= 0.3 is 29.6 Å². The molecule has 8 heteroatoms. The molecule has 0 fully saturated rings. The molecular weight excluding hydrogens is 329 g/mol. The van der Waals surface area contributed by atoms with Crippen molar-refractivity contribution in [2.75, 3.05) is 19.3 Å². The average molecular weight is 360 g/mol. The molecule has 0 amide bonds. The van der Waals surface area contributed by atoms with Gasteiger partial charge in [0.1, 0.15) is 0 Å². The standard InChI is InChI=1S/C12H24O2.C3H9NO3S.Na/c1-2-3-4-5-6-7-8-9-10-11-12(13)14;1-4-2-3-8(5,6)7;/h2-11H2,1H3,(H,13,14);4H,2-3H2,1H3,(H,5,6,7);/q;;+1/p-2. The van der Waals surface area contributed by atoms with E-state index in [1.165, 1.54) is 44.9 Å². The minimum absolute atomic E-state index is 0. The van der Waals surface area contributed by atoms with E-state index in [-0.39, 0.29) is 48.3 Å². The Kier molecular flexibility index (Phi) is 25.0. The molecule has 0 aliphatic carbocycles. The maximum Gasteiger partial charge on any atom is 1.00 e. The van der Waals surface area contributed by atoms with Crippen molar-refractivity contribution in [3.05, 3.63) is 0 Å². The summed E-state index contributed by atoms with van der Waals surface area (Å²) >= 11 is 0. The van der Waals surface area contributed by atoms with Crippen LogP contribution in [0.5, 0.6) is 0 Å². The maximum absolute atomic E-state index is 10.1. The van der Waals surface area contributed by atoms with Gasteiger partial charge in [-0.05, 0) is 19.9 Å². The Labute approximate surface area is 163 Å². The fourth-order valence-corrected chi connectivity index (χ4v) is 2.26. The first-order valence-electron chi connectivity index (χ1n) is 8.11. The van der Waals surface area contributed by atoms with Crippen molar-refractivity contribution in [3.8, 4) is 0 Å². The number of rotatable bonds is 13. The summed E-state index contributed by atoms with van der Waals surface area (Å²) in [6, 6.07) is 0. The van der Waals surface area contributed by atoms with Gasteiger partial charge in [0.25, 0.3) is 0 Å². The van der Waals surface area contributed by atoms with E-state index in [0.29, 0.717) is 0 Å². The number of hydrogen-bond donors (Lipinski definition) is 1. The zero-order valence-corrected chi connectivity index (χ0v) is 17.8. The average Bonchev–Trinajstić information content (AvgIpc) is 2.43. The second-order valence-corrected chi connectivity index (χ2v) is 6.84. The molecule has 134 valence electrons. The van der Waals surface area contributed by atoms with Gasteiger partial charge in [-0.2, -0.15) is 0 Å². The molecule has 0 radical (unpaired) electrons. The van der Waals surface area contributed by atoms with Crippen molar-refractivity contribution in [2.24, 2.45) is 0 Å². The van der Waals surface area contributed by atoms with E-state index >= 15 is 0 Å². The molecule has 0 unspecified atom stereocenters. The predicted octanol–water partition coefficient (Wildman–Crippen LogP) is -1.59. The summed E-state index contributed by atoms with van der Waals surface area (Å²) in [7, 11) is -2.41. The summed E-state index contributed by atoms with van der Waals surface area (Å²) in [6.07, 6.45) is 11.2. The summed E-state index contributed by atoms with van der Waals surface area (Å²) in [5, 5.41) is 12.6. The van der Waals surface area contributed by atoms with E-state index in [9.17, 15) is 22.9 Å². The fourth-order valence-electron chi connectivity index (χ4n) is 1.81. The van der Waals surface area contributed by atoms with Crippen LogP contribution in [0.4, 0.5) is 0 Å². The third kappa shape index (κ3) is 34.6. The van der Waals surface area contributed by atoms with Crippen LogP contribution in [0.1, 0.15) is 71.1 Å². The molecule has 0 spiro atoms. The topological polar surface area (TPSA) is 109 Å². The normalized spacial score (nSPS) is 10.4. The van der Waals surface area contributed by atoms with E-state index < -0.39 is 16.1 Å². The van der Waals surface area contributed by atoms with Crippen LogP contribution in [0.3, 0.4) is 0 Å². The molecule has 0 saturated heterocycles. The van der Waals surface area contributed by atoms with Gasteiger partial charge in [0.2, 0.25) is 0 Å². The quantitative estimate of drug-likeness (QED) is 0.241. The zero-order chi connectivity index (χ0) is 17.3. The van der Waals surface area contributed by atoms with Crippen LogP contribution >= 0.6 is 0 Å². The van der Waals surface area contributed by atoms with Gasteiger partial charge in [-0.1, -0.05) is 58.3 Å². The van der Waals surface area contributed by atoms with Gasteiger partial charge < -0.3 is 19.8 Å². The number of nitrogens with one attached hydrogen (secondary N) is 1. The van der Waals surface area contributed by atoms with Crippen molar-refractivity contribution in [3.63, 3.8) is 0 Å². The molecule has 0 aromatic rings. The fraction of sp³-hybridized carbons (Fsp3) is 0.933. The molecular formula is C15H31NNaO5S-. The summed E-state index contributed by atoms with van der Waals surface area (Å²) in [5.74, 6) is -1.24. The molecule has 1 N–H and O–H groups in total. The number of carbonyl (C=O) groups is 1. The van der Waals surface area contributed by atoms with Crippen LogP contribution in [0.2, 0.25) is 0 Å². The largest absolute Gasteiger partial charge is 1.00 e. The van der Waals surface area contributed by atoms with Gasteiger partial charge in [-0.15, -0.1) is 0 Å². The third-order valence-electron chi connectivity index (χ3n) is 3.09. The molecule has 0 aromatic carbocycles. The third-order valence-corrected chi connectivity index (χ3v) is 3.79. The van der Waals surface area contributed by atoms with Crippen molar-refractivity contribution in [1.29, 1.82) is 0 Å². The first kappa shape index (κ1) is 28.2. The van der Waals surface area contributed by atoms with Crippen LogP contribution < -0.4 is 40.0 Å². The molecule has 23 heavy (non-hydrogen) atoms. The van der Waals surface area contributed by atoms with Crippen LogP contribution in [-0.4, -0.2) is 38.3 Å². The Morgan fingerprint density at radius 1 is 0.957 bits per heavy atom. The number of hydrogen-bond acceptors (Lipinski definition) is 6. The van der Waals surface area contributed by atoms with Gasteiger partial charge in [0.05, 0.1) is 15.9 Å². The van der Waals surface area contributed by atoms with Gasteiger partial charge in [0.15, 0.2) is 0 Å². The number of carboxylic acids is 1. The molecule has 0 bridgehead atoms. The number of carboxylic acid groups (broad SMARTS) is 1. The van der Waals surface area contributed by atoms with Crippen molar-refractivity contribution < 1.29 is 52.4 Å². The summed E-state index contributed by atoms with van der Waals surface area (Å²) in [6.45, 7) is 2.45. The first-order chi connectivity index (χ1) is 10.3. The Balaban J connectivity index is -0.000000382. The summed E-state index contributed by atoms with van der Waals surface area (Å²) in [4.78, 5) is 10.1. The van der Waals surface area contributed by atoms with Crippen molar-refractivity contribution >= 4 is 16.1 Å². The molecule has 0 aliphatic rings. The molecule has 0 rings (SSSR count). The second kappa shape index (κ2) is 20.4. The minimum Gasteiger partial charge on any atom is -0.748 e. The number of aliphatic carboxylic acids is 1. The molecule has 0 saturated carbocycles. The molecule has 0 aliphatic heterocycles. The van der Waals surface area contributed by atoms with Crippen LogP contribution in [-0.2, 0) is 14.9 Å². The first-order valence-corrected chi connectivity index (χ1v) is 9.69. The Hall–Kier alpha value is 0.340. The predicted molar refractivity (Wildman–Crippen MR) is 85.3 cm³/mol. The SMILES string of the molecule is CCCCCCCCCCCC(=O)[O-].CNCCS(=O)(=O)[O-].[Na+]. The van der Waals surface area contributed by atoms with E-state index in [2.05, 4.69) is 12.2 Å². The minimum atomic E-state index is -4.00. The number of unbranched alkanes of at least 4 members (excludes halogenated alkanes) is 8. The molecule has 0 heterocycles. The smallest absolute Gasteiger partial charge is 0.748 e. The van der Waals surface area contributed by atoms with E-state index in [1.807, 2.05) is 0 Å². The van der Waals surface area contributed by atoms with Crippen LogP contribution in [0.15, 0.2) is 0 Å². The molecule has 6 nitrogen and oxygen atoms in total. The Bertz CT molecular complexity index is 350. The van der Waals surface area contributed by atoms with Crippen LogP contribution in [0.25, 0.3) is 0 Å². The van der Waals surface area contributed by atoms with Crippen molar-refractivity contribution in [1.82, 2.24) is 5.32 Å². The van der Waals surface area contributed by atoms with E-state index in [0.717, 1.165) is 12.8 Å². The molecule has 0 atom stereocenters. The van der Waals surface area contributed by atoms with Gasteiger partial charge in [0, 0.05) is 12.5 Å². The number of carbonyl (C=O) groups excluding carboxylic acids is 1. The summed E-state index contributed by atoms with van der Waals surface area (Å²) in [5.41, 5.74) is 0. The second-order valence-electron chi connectivity index (χ2n) is 5.32. The Morgan fingerprint density at radius 2 is 1.39 bits per heavy atom. The maximum atomic E-state index is 10.1. The van der Waals surface area contributed by atoms with Gasteiger partial charge in [-0.25, -0.2) is 8.42 Å². The van der Waals surface area contributed by atoms with Gasteiger partial charge in [-0.3, -0.25) is 0 Å².